The van der Waals surface area contributed by atoms with Crippen molar-refractivity contribution in [2.75, 3.05) is 18.1 Å². The standard InChI is InChI=1S/C16H19FN4O/c1-2-10-7-12-14-13(18-10)9-22-8-11-5-3-4-6-21(11)15(14)20-16(17)19-12/h7,11H,2-6,8-9H2,1H3. The van der Waals surface area contributed by atoms with Gasteiger partial charge in [0.15, 0.2) is 0 Å². The maximum Gasteiger partial charge on any atom is 0.311 e. The average molecular weight is 302 g/mol. The quantitative estimate of drug-likeness (QED) is 0.758. The molecule has 1 saturated heterocycles. The molecular formula is C16H19FN4O. The molecule has 2 aromatic heterocycles. The number of ether oxygens (including phenoxy) is 1. The number of piperidine rings is 1. The zero-order valence-electron chi connectivity index (χ0n) is 12.7. The lowest BCUT2D eigenvalue weighted by Gasteiger charge is -2.38. The number of rotatable bonds is 1. The van der Waals surface area contributed by atoms with E-state index < -0.39 is 6.08 Å². The summed E-state index contributed by atoms with van der Waals surface area (Å²) in [5.74, 6) is 0.695. The summed E-state index contributed by atoms with van der Waals surface area (Å²) in [6.07, 6.45) is 3.46. The maximum atomic E-state index is 14.0. The van der Waals surface area contributed by atoms with Crippen LogP contribution in [0.25, 0.3) is 10.9 Å². The summed E-state index contributed by atoms with van der Waals surface area (Å²) >= 11 is 0. The smallest absolute Gasteiger partial charge is 0.311 e. The van der Waals surface area contributed by atoms with Crippen LogP contribution in [0.1, 0.15) is 37.6 Å². The number of aryl methyl sites for hydroxylation is 1. The number of pyridine rings is 1. The van der Waals surface area contributed by atoms with Crippen molar-refractivity contribution in [2.24, 2.45) is 0 Å². The van der Waals surface area contributed by atoms with Crippen molar-refractivity contribution in [1.29, 1.82) is 0 Å². The molecule has 0 bridgehead atoms. The van der Waals surface area contributed by atoms with Gasteiger partial charge in [-0.3, -0.25) is 4.98 Å². The number of hydrogen-bond acceptors (Lipinski definition) is 5. The Labute approximate surface area is 128 Å². The zero-order valence-corrected chi connectivity index (χ0v) is 12.7. The molecule has 0 aromatic carbocycles. The van der Waals surface area contributed by atoms with Crippen molar-refractivity contribution >= 4 is 16.7 Å². The van der Waals surface area contributed by atoms with E-state index in [-0.39, 0.29) is 6.04 Å². The van der Waals surface area contributed by atoms with Gasteiger partial charge in [-0.15, -0.1) is 0 Å². The fourth-order valence-corrected chi connectivity index (χ4v) is 3.48. The number of anilines is 1. The van der Waals surface area contributed by atoms with Crippen LogP contribution in [0.3, 0.4) is 0 Å². The van der Waals surface area contributed by atoms with Gasteiger partial charge in [-0.2, -0.15) is 9.37 Å². The minimum Gasteiger partial charge on any atom is -0.373 e. The van der Waals surface area contributed by atoms with Gasteiger partial charge < -0.3 is 9.64 Å². The summed E-state index contributed by atoms with van der Waals surface area (Å²) < 4.78 is 19.8. The molecule has 0 spiro atoms. The van der Waals surface area contributed by atoms with Gasteiger partial charge in [0, 0.05) is 12.2 Å². The number of halogens is 1. The molecule has 116 valence electrons. The number of nitrogens with zero attached hydrogens (tertiary/aromatic N) is 4. The first-order valence-corrected chi connectivity index (χ1v) is 7.96. The van der Waals surface area contributed by atoms with Gasteiger partial charge in [0.1, 0.15) is 5.82 Å². The average Bonchev–Trinajstić information content (AvgIpc) is 2.52. The molecule has 4 heterocycles. The van der Waals surface area contributed by atoms with E-state index in [4.69, 9.17) is 4.74 Å². The van der Waals surface area contributed by atoms with E-state index in [1.807, 2.05) is 13.0 Å². The van der Waals surface area contributed by atoms with Crippen LogP contribution < -0.4 is 4.90 Å². The SMILES string of the molecule is CCc1cc2nc(F)nc3c2c(n1)COCC1CCCCN31. The van der Waals surface area contributed by atoms with Crippen molar-refractivity contribution in [2.45, 2.75) is 45.3 Å². The largest absolute Gasteiger partial charge is 0.373 e. The molecule has 5 nitrogen and oxygen atoms in total. The van der Waals surface area contributed by atoms with Crippen LogP contribution in [0.4, 0.5) is 10.2 Å². The Kier molecular flexibility index (Phi) is 3.41. The molecule has 0 saturated carbocycles. The van der Waals surface area contributed by atoms with E-state index in [0.717, 1.165) is 42.6 Å². The van der Waals surface area contributed by atoms with E-state index in [2.05, 4.69) is 19.9 Å². The Morgan fingerprint density at radius 2 is 2.23 bits per heavy atom. The normalized spacial score (nSPS) is 21.4. The summed E-state index contributed by atoms with van der Waals surface area (Å²) in [6, 6.07) is 2.14. The first kappa shape index (κ1) is 13.8. The highest BCUT2D eigenvalue weighted by Gasteiger charge is 2.29. The number of aromatic nitrogens is 3. The molecule has 1 atom stereocenters. The minimum absolute atomic E-state index is 0.269. The molecule has 2 aliphatic rings. The minimum atomic E-state index is -0.660. The monoisotopic (exact) mass is 302 g/mol. The van der Waals surface area contributed by atoms with Crippen molar-refractivity contribution < 1.29 is 9.13 Å². The highest BCUT2D eigenvalue weighted by Crippen LogP contribution is 2.33. The van der Waals surface area contributed by atoms with Crippen molar-refractivity contribution in [3.8, 4) is 0 Å². The summed E-state index contributed by atoms with van der Waals surface area (Å²) in [4.78, 5) is 15.0. The van der Waals surface area contributed by atoms with Gasteiger partial charge in [0.2, 0.25) is 0 Å². The molecule has 6 heteroatoms. The second-order valence-corrected chi connectivity index (χ2v) is 5.98. The fraction of sp³-hybridized carbons (Fsp3) is 0.562. The molecule has 2 aliphatic heterocycles. The Hall–Kier alpha value is -1.82. The van der Waals surface area contributed by atoms with Crippen LogP contribution >= 0.6 is 0 Å². The first-order valence-electron chi connectivity index (χ1n) is 7.96. The molecular weight excluding hydrogens is 283 g/mol. The summed E-state index contributed by atoms with van der Waals surface area (Å²) in [5, 5.41) is 0.852. The molecule has 0 aliphatic carbocycles. The van der Waals surface area contributed by atoms with Crippen LogP contribution in [0.5, 0.6) is 0 Å². The molecule has 0 amide bonds. The van der Waals surface area contributed by atoms with Gasteiger partial charge in [-0.25, -0.2) is 4.98 Å². The highest BCUT2D eigenvalue weighted by molar-refractivity contribution is 5.92. The highest BCUT2D eigenvalue weighted by atomic mass is 19.1. The first-order chi connectivity index (χ1) is 10.8. The summed E-state index contributed by atoms with van der Waals surface area (Å²) in [6.45, 7) is 4.00. The van der Waals surface area contributed by atoms with Crippen LogP contribution in [0, 0.1) is 6.08 Å². The Bertz CT molecular complexity index is 721. The molecule has 0 radical (unpaired) electrons. The van der Waals surface area contributed by atoms with Gasteiger partial charge >= 0.3 is 6.08 Å². The predicted molar refractivity (Wildman–Crippen MR) is 81.3 cm³/mol. The van der Waals surface area contributed by atoms with Crippen LogP contribution in [0.2, 0.25) is 0 Å². The van der Waals surface area contributed by atoms with E-state index in [1.165, 1.54) is 6.42 Å². The third kappa shape index (κ3) is 2.22. The van der Waals surface area contributed by atoms with Gasteiger partial charge in [0.25, 0.3) is 0 Å². The Morgan fingerprint density at radius 1 is 1.32 bits per heavy atom. The van der Waals surface area contributed by atoms with Crippen molar-refractivity contribution in [1.82, 2.24) is 15.0 Å². The maximum absolute atomic E-state index is 14.0. The third-order valence-electron chi connectivity index (χ3n) is 4.57. The van der Waals surface area contributed by atoms with Gasteiger partial charge in [0.05, 0.1) is 35.9 Å². The molecule has 4 rings (SSSR count). The topological polar surface area (TPSA) is 51.1 Å². The summed E-state index contributed by atoms with van der Waals surface area (Å²) in [5.41, 5.74) is 2.37. The van der Waals surface area contributed by atoms with Crippen LogP contribution in [0.15, 0.2) is 6.07 Å². The number of fused-ring (bicyclic) bond motifs is 2. The van der Waals surface area contributed by atoms with Crippen molar-refractivity contribution in [3.63, 3.8) is 0 Å². The van der Waals surface area contributed by atoms with Crippen LogP contribution in [-0.4, -0.2) is 34.1 Å². The van der Waals surface area contributed by atoms with Gasteiger partial charge in [-0.1, -0.05) is 6.92 Å². The zero-order chi connectivity index (χ0) is 15.1. The molecule has 1 unspecified atom stereocenters. The van der Waals surface area contributed by atoms with E-state index in [1.54, 1.807) is 0 Å². The second kappa shape index (κ2) is 5.43. The second-order valence-electron chi connectivity index (χ2n) is 5.98. The lowest BCUT2D eigenvalue weighted by molar-refractivity contribution is 0.0961. The fourth-order valence-electron chi connectivity index (χ4n) is 3.48. The molecule has 0 N–H and O–H groups in total. The van der Waals surface area contributed by atoms with Crippen LogP contribution in [-0.2, 0) is 17.8 Å². The lowest BCUT2D eigenvalue weighted by Crippen LogP contribution is -2.44. The van der Waals surface area contributed by atoms with E-state index in [0.29, 0.717) is 24.5 Å². The number of hydrogen-bond donors (Lipinski definition) is 0. The van der Waals surface area contributed by atoms with E-state index >= 15 is 0 Å². The van der Waals surface area contributed by atoms with Crippen molar-refractivity contribution in [3.05, 3.63) is 23.5 Å². The molecule has 1 fully saturated rings. The lowest BCUT2D eigenvalue weighted by atomic mass is 10.0. The predicted octanol–water partition coefficient (Wildman–Crippen LogP) is 2.62. The Balaban J connectivity index is 1.98. The van der Waals surface area contributed by atoms with Gasteiger partial charge in [-0.05, 0) is 31.7 Å². The molecule has 22 heavy (non-hydrogen) atoms. The Morgan fingerprint density at radius 3 is 3.09 bits per heavy atom. The van der Waals surface area contributed by atoms with E-state index in [9.17, 15) is 4.39 Å². The molecule has 2 aromatic rings. The third-order valence-corrected chi connectivity index (χ3v) is 4.57. The summed E-state index contributed by atoms with van der Waals surface area (Å²) in [7, 11) is 0.